The second-order valence-corrected chi connectivity index (χ2v) is 4.61. The third-order valence-corrected chi connectivity index (χ3v) is 2.94. The number of unbranched alkanes of at least 4 members (excludes halogenated alkanes) is 1. The number of para-hydroxylation sites is 1. The standard InChI is InChI=1S/C14H23NO/c1-3-4-7-12(10-11(2)15)13-8-5-6-9-14(13)16/h5-6,8-9,11-12,16H,3-4,7,10,15H2,1-2H3. The smallest absolute Gasteiger partial charge is 0.119 e. The molecule has 0 spiro atoms. The number of rotatable bonds is 6. The Labute approximate surface area is 98.5 Å². The molecule has 0 amide bonds. The van der Waals surface area contributed by atoms with Crippen molar-refractivity contribution in [2.45, 2.75) is 51.5 Å². The van der Waals surface area contributed by atoms with Crippen LogP contribution in [0.5, 0.6) is 5.75 Å². The van der Waals surface area contributed by atoms with E-state index in [1.807, 2.05) is 25.1 Å². The monoisotopic (exact) mass is 221 g/mol. The van der Waals surface area contributed by atoms with Gasteiger partial charge in [-0.05, 0) is 37.3 Å². The molecule has 0 aliphatic heterocycles. The molecular formula is C14H23NO. The number of benzene rings is 1. The zero-order chi connectivity index (χ0) is 12.0. The molecule has 0 aliphatic carbocycles. The second kappa shape index (κ2) is 6.54. The van der Waals surface area contributed by atoms with Gasteiger partial charge in [0.25, 0.3) is 0 Å². The summed E-state index contributed by atoms with van der Waals surface area (Å²) in [7, 11) is 0. The maximum Gasteiger partial charge on any atom is 0.119 e. The van der Waals surface area contributed by atoms with Crippen LogP contribution in [0.25, 0.3) is 0 Å². The molecule has 16 heavy (non-hydrogen) atoms. The van der Waals surface area contributed by atoms with Crippen molar-refractivity contribution < 1.29 is 5.11 Å². The lowest BCUT2D eigenvalue weighted by Crippen LogP contribution is -2.18. The van der Waals surface area contributed by atoms with Crippen molar-refractivity contribution in [3.63, 3.8) is 0 Å². The lowest BCUT2D eigenvalue weighted by Gasteiger charge is -2.20. The van der Waals surface area contributed by atoms with Crippen molar-refractivity contribution in [3.05, 3.63) is 29.8 Å². The summed E-state index contributed by atoms with van der Waals surface area (Å²) >= 11 is 0. The minimum Gasteiger partial charge on any atom is -0.508 e. The van der Waals surface area contributed by atoms with E-state index in [0.717, 1.165) is 18.4 Å². The first-order chi connectivity index (χ1) is 7.65. The van der Waals surface area contributed by atoms with Gasteiger partial charge in [0, 0.05) is 6.04 Å². The number of hydrogen-bond acceptors (Lipinski definition) is 2. The Morgan fingerprint density at radius 3 is 2.56 bits per heavy atom. The van der Waals surface area contributed by atoms with E-state index in [9.17, 15) is 5.11 Å². The summed E-state index contributed by atoms with van der Waals surface area (Å²) < 4.78 is 0. The number of phenols is 1. The van der Waals surface area contributed by atoms with Crippen molar-refractivity contribution in [1.29, 1.82) is 0 Å². The van der Waals surface area contributed by atoms with Crippen LogP contribution in [0, 0.1) is 0 Å². The van der Waals surface area contributed by atoms with Crippen LogP contribution < -0.4 is 5.73 Å². The van der Waals surface area contributed by atoms with Gasteiger partial charge in [0.15, 0.2) is 0 Å². The molecule has 1 aromatic carbocycles. The number of aromatic hydroxyl groups is 1. The van der Waals surface area contributed by atoms with E-state index in [0.29, 0.717) is 11.7 Å². The van der Waals surface area contributed by atoms with Gasteiger partial charge >= 0.3 is 0 Å². The van der Waals surface area contributed by atoms with Crippen LogP contribution >= 0.6 is 0 Å². The summed E-state index contributed by atoms with van der Waals surface area (Å²) in [6.07, 6.45) is 4.42. The SMILES string of the molecule is CCCCC(CC(C)N)c1ccccc1O. The van der Waals surface area contributed by atoms with Gasteiger partial charge in [-0.15, -0.1) is 0 Å². The van der Waals surface area contributed by atoms with E-state index in [1.54, 1.807) is 6.07 Å². The lowest BCUT2D eigenvalue weighted by atomic mass is 9.88. The summed E-state index contributed by atoms with van der Waals surface area (Å²) in [5.41, 5.74) is 6.92. The van der Waals surface area contributed by atoms with Crippen molar-refractivity contribution in [1.82, 2.24) is 0 Å². The van der Waals surface area contributed by atoms with Gasteiger partial charge in [0.2, 0.25) is 0 Å². The van der Waals surface area contributed by atoms with Gasteiger partial charge in [0.05, 0.1) is 0 Å². The molecule has 2 unspecified atom stereocenters. The van der Waals surface area contributed by atoms with Crippen LogP contribution in [0.3, 0.4) is 0 Å². The Bertz CT molecular complexity index is 309. The highest BCUT2D eigenvalue weighted by molar-refractivity contribution is 5.34. The van der Waals surface area contributed by atoms with E-state index in [-0.39, 0.29) is 6.04 Å². The first-order valence-electron chi connectivity index (χ1n) is 6.18. The lowest BCUT2D eigenvalue weighted by molar-refractivity contribution is 0.440. The fourth-order valence-electron chi connectivity index (χ4n) is 2.13. The first kappa shape index (κ1) is 13.0. The number of nitrogens with two attached hydrogens (primary N) is 1. The topological polar surface area (TPSA) is 46.2 Å². The summed E-state index contributed by atoms with van der Waals surface area (Å²) in [4.78, 5) is 0. The van der Waals surface area contributed by atoms with Gasteiger partial charge in [-0.1, -0.05) is 38.0 Å². The summed E-state index contributed by atoms with van der Waals surface area (Å²) in [5.74, 6) is 0.797. The molecule has 0 heterocycles. The predicted octanol–water partition coefficient (Wildman–Crippen LogP) is 3.40. The van der Waals surface area contributed by atoms with Crippen molar-refractivity contribution in [2.75, 3.05) is 0 Å². The minimum atomic E-state index is 0.182. The molecule has 90 valence electrons. The van der Waals surface area contributed by atoms with Crippen molar-refractivity contribution in [3.8, 4) is 5.75 Å². The predicted molar refractivity (Wildman–Crippen MR) is 68.6 cm³/mol. The third-order valence-electron chi connectivity index (χ3n) is 2.94. The number of phenolic OH excluding ortho intramolecular Hbond substituents is 1. The van der Waals surface area contributed by atoms with Crippen LogP contribution in [0.1, 0.15) is 51.0 Å². The highest BCUT2D eigenvalue weighted by Gasteiger charge is 2.16. The Morgan fingerprint density at radius 2 is 2.00 bits per heavy atom. The third kappa shape index (κ3) is 3.86. The van der Waals surface area contributed by atoms with Crippen LogP contribution in [0.4, 0.5) is 0 Å². The van der Waals surface area contributed by atoms with E-state index < -0.39 is 0 Å². The highest BCUT2D eigenvalue weighted by Crippen LogP contribution is 2.32. The zero-order valence-corrected chi connectivity index (χ0v) is 10.3. The maximum atomic E-state index is 9.85. The zero-order valence-electron chi connectivity index (χ0n) is 10.3. The Balaban J connectivity index is 2.78. The van der Waals surface area contributed by atoms with E-state index in [2.05, 4.69) is 6.92 Å². The van der Waals surface area contributed by atoms with Gasteiger partial charge in [0.1, 0.15) is 5.75 Å². The first-order valence-corrected chi connectivity index (χ1v) is 6.18. The quantitative estimate of drug-likeness (QED) is 0.773. The van der Waals surface area contributed by atoms with Crippen LogP contribution in [0.2, 0.25) is 0 Å². The largest absolute Gasteiger partial charge is 0.508 e. The number of hydrogen-bond donors (Lipinski definition) is 2. The summed E-state index contributed by atoms with van der Waals surface area (Å²) in [6.45, 7) is 4.21. The van der Waals surface area contributed by atoms with Crippen LogP contribution in [-0.2, 0) is 0 Å². The normalized spacial score (nSPS) is 14.7. The Kier molecular flexibility index (Phi) is 5.33. The molecular weight excluding hydrogens is 198 g/mol. The molecule has 2 heteroatoms. The molecule has 2 nitrogen and oxygen atoms in total. The van der Waals surface area contributed by atoms with Gasteiger partial charge < -0.3 is 10.8 Å². The fraction of sp³-hybridized carbons (Fsp3) is 0.571. The molecule has 0 aromatic heterocycles. The van der Waals surface area contributed by atoms with Crippen LogP contribution in [0.15, 0.2) is 24.3 Å². The molecule has 0 saturated carbocycles. The van der Waals surface area contributed by atoms with E-state index >= 15 is 0 Å². The van der Waals surface area contributed by atoms with Gasteiger partial charge in [-0.2, -0.15) is 0 Å². The molecule has 3 N–H and O–H groups in total. The highest BCUT2D eigenvalue weighted by atomic mass is 16.3. The van der Waals surface area contributed by atoms with Crippen molar-refractivity contribution in [2.24, 2.45) is 5.73 Å². The molecule has 0 fully saturated rings. The molecule has 0 radical (unpaired) electrons. The fourth-order valence-corrected chi connectivity index (χ4v) is 2.13. The van der Waals surface area contributed by atoms with E-state index in [4.69, 9.17) is 5.73 Å². The van der Waals surface area contributed by atoms with Crippen LogP contribution in [-0.4, -0.2) is 11.1 Å². The van der Waals surface area contributed by atoms with E-state index in [1.165, 1.54) is 12.8 Å². The molecule has 1 rings (SSSR count). The molecule has 0 aliphatic rings. The summed E-state index contributed by atoms with van der Waals surface area (Å²) in [6, 6.07) is 7.80. The second-order valence-electron chi connectivity index (χ2n) is 4.61. The van der Waals surface area contributed by atoms with Gasteiger partial charge in [-0.3, -0.25) is 0 Å². The molecule has 0 bridgehead atoms. The average molecular weight is 221 g/mol. The minimum absolute atomic E-state index is 0.182. The Hall–Kier alpha value is -1.02. The average Bonchev–Trinajstić information content (AvgIpc) is 2.24. The molecule has 2 atom stereocenters. The Morgan fingerprint density at radius 1 is 1.31 bits per heavy atom. The van der Waals surface area contributed by atoms with Gasteiger partial charge in [-0.25, -0.2) is 0 Å². The van der Waals surface area contributed by atoms with Crippen molar-refractivity contribution >= 4 is 0 Å². The molecule has 1 aromatic rings. The molecule has 0 saturated heterocycles. The maximum absolute atomic E-state index is 9.85. The summed E-state index contributed by atoms with van der Waals surface area (Å²) in [5, 5.41) is 9.85.